The quantitative estimate of drug-likeness (QED) is 0.236. The molecule has 2 amide bonds. The molecule has 0 bridgehead atoms. The molecule has 9 heteroatoms. The molecule has 0 aliphatic heterocycles. The second kappa shape index (κ2) is 13.4. The lowest BCUT2D eigenvalue weighted by molar-refractivity contribution is -0.144. The van der Waals surface area contributed by atoms with Crippen molar-refractivity contribution in [3.8, 4) is 11.5 Å². The summed E-state index contributed by atoms with van der Waals surface area (Å²) >= 11 is 0. The predicted octanol–water partition coefficient (Wildman–Crippen LogP) is 4.12. The van der Waals surface area contributed by atoms with E-state index < -0.39 is 24.2 Å². The van der Waals surface area contributed by atoms with Gasteiger partial charge < -0.3 is 14.2 Å². The molecule has 0 heterocycles. The van der Waals surface area contributed by atoms with Gasteiger partial charge in [-0.15, -0.1) is 0 Å². The van der Waals surface area contributed by atoms with E-state index in [4.69, 9.17) is 14.2 Å². The summed E-state index contributed by atoms with van der Waals surface area (Å²) in [5.41, 5.74) is 0. The summed E-state index contributed by atoms with van der Waals surface area (Å²) in [7, 11) is 0. The summed E-state index contributed by atoms with van der Waals surface area (Å²) in [5.74, 6) is -0.0740. The van der Waals surface area contributed by atoms with Gasteiger partial charge in [0, 0.05) is 6.54 Å². The minimum Gasteiger partial charge on any atom is -0.464 e. The predicted molar refractivity (Wildman–Crippen MR) is 114 cm³/mol. The van der Waals surface area contributed by atoms with Crippen molar-refractivity contribution in [2.75, 3.05) is 13.2 Å². The zero-order valence-electron chi connectivity index (χ0n) is 17.6. The molecule has 0 N–H and O–H groups in total. The van der Waals surface area contributed by atoms with Crippen molar-refractivity contribution in [3.05, 3.63) is 60.7 Å². The van der Waals surface area contributed by atoms with Crippen LogP contribution < -0.4 is 9.47 Å². The van der Waals surface area contributed by atoms with E-state index in [-0.39, 0.29) is 31.1 Å². The Hall–Kier alpha value is -3.97. The minimum atomic E-state index is -0.978. The number of benzene rings is 2. The van der Waals surface area contributed by atoms with Crippen molar-refractivity contribution >= 4 is 24.2 Å². The van der Waals surface area contributed by atoms with Gasteiger partial charge in [0.05, 0.1) is 6.61 Å². The molecule has 0 spiro atoms. The van der Waals surface area contributed by atoms with Crippen LogP contribution >= 0.6 is 0 Å². The van der Waals surface area contributed by atoms with Crippen LogP contribution in [0.15, 0.2) is 65.7 Å². The number of carbonyl (C=O) groups is 3. The van der Waals surface area contributed by atoms with E-state index in [0.29, 0.717) is 12.8 Å². The van der Waals surface area contributed by atoms with Crippen molar-refractivity contribution in [2.45, 2.75) is 32.2 Å². The standard InChI is InChI=1S/C23H24N2O7/c1-2-30-21(27)20(24-17-26)15-9-10-16-25(22(28)31-18-11-5-3-6-12-18)23(29)32-19-13-7-4-8-14-19/h3-8,11-14,20H,2,9-10,15-16H2,1H3. The van der Waals surface area contributed by atoms with Gasteiger partial charge in [0.15, 0.2) is 6.04 Å². The fourth-order valence-electron chi connectivity index (χ4n) is 2.69. The maximum absolute atomic E-state index is 12.6. The zero-order chi connectivity index (χ0) is 23.2. The molecule has 2 aromatic carbocycles. The fraction of sp³-hybridized carbons (Fsp3) is 0.304. The van der Waals surface area contributed by atoms with Gasteiger partial charge in [-0.05, 0) is 50.5 Å². The maximum atomic E-state index is 12.6. The van der Waals surface area contributed by atoms with Gasteiger partial charge in [-0.2, -0.15) is 4.99 Å². The number of aliphatic imine (C=N–C) groups is 1. The molecule has 0 aromatic heterocycles. The van der Waals surface area contributed by atoms with Crippen LogP contribution in [0.2, 0.25) is 0 Å². The number of esters is 1. The second-order valence-electron chi connectivity index (χ2n) is 6.50. The molecule has 1 atom stereocenters. The van der Waals surface area contributed by atoms with Gasteiger partial charge in [-0.3, -0.25) is 0 Å². The molecule has 1 unspecified atom stereocenters. The smallest absolute Gasteiger partial charge is 0.424 e. The normalized spacial score (nSPS) is 10.9. The van der Waals surface area contributed by atoms with Crippen molar-refractivity contribution in [3.63, 3.8) is 0 Å². The molecular weight excluding hydrogens is 416 g/mol. The minimum absolute atomic E-state index is 0.0301. The molecular formula is C23H24N2O7. The van der Waals surface area contributed by atoms with E-state index in [2.05, 4.69) is 4.99 Å². The SMILES string of the molecule is CCOC(=O)C(CCCCN(C(=O)Oc1ccccc1)C(=O)Oc1ccccc1)N=C=O. The highest BCUT2D eigenvalue weighted by molar-refractivity contribution is 5.89. The van der Waals surface area contributed by atoms with E-state index in [9.17, 15) is 19.2 Å². The summed E-state index contributed by atoms with van der Waals surface area (Å²) < 4.78 is 15.4. The molecule has 9 nitrogen and oxygen atoms in total. The number of ether oxygens (including phenoxy) is 3. The summed E-state index contributed by atoms with van der Waals surface area (Å²) in [6, 6.07) is 15.7. The van der Waals surface area contributed by atoms with Crippen molar-refractivity contribution < 1.29 is 33.4 Å². The number of carbonyl (C=O) groups excluding carboxylic acids is 4. The molecule has 168 valence electrons. The number of hydrogen-bond donors (Lipinski definition) is 0. The molecule has 0 radical (unpaired) electrons. The van der Waals surface area contributed by atoms with Gasteiger partial charge >= 0.3 is 18.2 Å². The Labute approximate surface area is 185 Å². The summed E-state index contributed by atoms with van der Waals surface area (Å²) in [6.07, 6.45) is 0.460. The molecule has 0 aliphatic rings. The monoisotopic (exact) mass is 440 g/mol. The Balaban J connectivity index is 2.01. The van der Waals surface area contributed by atoms with Gasteiger partial charge in [0.2, 0.25) is 6.08 Å². The Morgan fingerprint density at radius 2 is 1.44 bits per heavy atom. The first-order valence-corrected chi connectivity index (χ1v) is 10.1. The molecule has 0 saturated heterocycles. The Morgan fingerprint density at radius 1 is 0.906 bits per heavy atom. The number of isocyanates is 1. The lowest BCUT2D eigenvalue weighted by Gasteiger charge is -2.20. The average molecular weight is 440 g/mol. The van der Waals surface area contributed by atoms with Crippen LogP contribution in [-0.4, -0.2) is 48.3 Å². The highest BCUT2D eigenvalue weighted by atomic mass is 16.6. The number of hydrogen-bond acceptors (Lipinski definition) is 8. The first kappa shape index (κ1) is 24.3. The summed E-state index contributed by atoms with van der Waals surface area (Å²) in [5, 5.41) is 0. The third-order valence-corrected chi connectivity index (χ3v) is 4.21. The summed E-state index contributed by atoms with van der Waals surface area (Å²) in [6.45, 7) is 1.78. The molecule has 0 aliphatic carbocycles. The fourth-order valence-corrected chi connectivity index (χ4v) is 2.69. The summed E-state index contributed by atoms with van der Waals surface area (Å²) in [4.78, 5) is 51.9. The van der Waals surface area contributed by atoms with Crippen LogP contribution in [0.3, 0.4) is 0 Å². The van der Waals surface area contributed by atoms with E-state index in [1.165, 1.54) is 6.08 Å². The third kappa shape index (κ3) is 8.04. The largest absolute Gasteiger partial charge is 0.464 e. The molecule has 0 saturated carbocycles. The van der Waals surface area contributed by atoms with Crippen molar-refractivity contribution in [2.24, 2.45) is 4.99 Å². The van der Waals surface area contributed by atoms with Crippen LogP contribution in [0.25, 0.3) is 0 Å². The van der Waals surface area contributed by atoms with E-state index in [1.54, 1.807) is 67.6 Å². The van der Waals surface area contributed by atoms with Gasteiger partial charge in [0.1, 0.15) is 11.5 Å². The lowest BCUT2D eigenvalue weighted by Crippen LogP contribution is -2.41. The van der Waals surface area contributed by atoms with Crippen LogP contribution in [-0.2, 0) is 14.3 Å². The van der Waals surface area contributed by atoms with Crippen LogP contribution in [0.4, 0.5) is 9.59 Å². The Morgan fingerprint density at radius 3 is 1.91 bits per heavy atom. The topological polar surface area (TPSA) is 112 Å². The Bertz CT molecular complexity index is 874. The lowest BCUT2D eigenvalue weighted by atomic mass is 10.1. The van der Waals surface area contributed by atoms with Gasteiger partial charge in [-0.1, -0.05) is 36.4 Å². The highest BCUT2D eigenvalue weighted by Crippen LogP contribution is 2.15. The second-order valence-corrected chi connectivity index (χ2v) is 6.50. The number of imide groups is 1. The number of amides is 2. The molecule has 2 rings (SSSR count). The average Bonchev–Trinajstić information content (AvgIpc) is 2.79. The van der Waals surface area contributed by atoms with Gasteiger partial charge in [0.25, 0.3) is 0 Å². The van der Waals surface area contributed by atoms with Crippen LogP contribution in [0.1, 0.15) is 26.2 Å². The Kier molecular flexibility index (Phi) is 10.1. The van der Waals surface area contributed by atoms with E-state index in [0.717, 1.165) is 4.90 Å². The molecule has 32 heavy (non-hydrogen) atoms. The first-order chi connectivity index (χ1) is 15.5. The van der Waals surface area contributed by atoms with Gasteiger partial charge in [-0.25, -0.2) is 24.1 Å². The van der Waals surface area contributed by atoms with E-state index >= 15 is 0 Å². The molecule has 2 aromatic rings. The zero-order valence-corrected chi connectivity index (χ0v) is 17.6. The number of rotatable bonds is 10. The number of unbranched alkanes of at least 4 members (excludes halogenated alkanes) is 1. The third-order valence-electron chi connectivity index (χ3n) is 4.21. The van der Waals surface area contributed by atoms with E-state index in [1.807, 2.05) is 0 Å². The first-order valence-electron chi connectivity index (χ1n) is 10.1. The highest BCUT2D eigenvalue weighted by Gasteiger charge is 2.26. The molecule has 0 fully saturated rings. The van der Waals surface area contributed by atoms with Crippen LogP contribution in [0.5, 0.6) is 11.5 Å². The number of nitrogens with zero attached hydrogens (tertiary/aromatic N) is 2. The number of para-hydroxylation sites is 2. The van der Waals surface area contributed by atoms with Crippen molar-refractivity contribution in [1.82, 2.24) is 4.90 Å². The van der Waals surface area contributed by atoms with Crippen molar-refractivity contribution in [1.29, 1.82) is 0 Å². The van der Waals surface area contributed by atoms with Crippen LogP contribution in [0, 0.1) is 0 Å². The maximum Gasteiger partial charge on any atom is 0.424 e.